The molecule has 4 heterocycles. The molecule has 2 aliphatic heterocycles. The highest BCUT2D eigenvalue weighted by molar-refractivity contribution is 8.00. The summed E-state index contributed by atoms with van der Waals surface area (Å²) >= 11 is 1.59. The number of pyridine rings is 1. The zero-order chi connectivity index (χ0) is 22.4. The highest BCUT2D eigenvalue weighted by Crippen LogP contribution is 2.39. The number of β-lactam (4-membered cyclic amide) rings is 1. The number of carboxylic acids is 1. The van der Waals surface area contributed by atoms with E-state index in [1.807, 2.05) is 59.6 Å². The second-order valence-corrected chi connectivity index (χ2v) is 9.15. The van der Waals surface area contributed by atoms with E-state index in [-0.39, 0.29) is 22.8 Å². The molecule has 1 aromatic carbocycles. The van der Waals surface area contributed by atoms with Crippen molar-refractivity contribution in [1.82, 2.24) is 9.47 Å². The molecule has 2 aliphatic rings. The van der Waals surface area contributed by atoms with Gasteiger partial charge in [0.1, 0.15) is 11.4 Å². The van der Waals surface area contributed by atoms with E-state index in [1.54, 1.807) is 11.8 Å². The Kier molecular flexibility index (Phi) is 4.97. The fourth-order valence-electron chi connectivity index (χ4n) is 4.20. The van der Waals surface area contributed by atoms with Crippen LogP contribution in [0.15, 0.2) is 66.3 Å². The Morgan fingerprint density at radius 2 is 2.03 bits per heavy atom. The Balaban J connectivity index is 1.43. The van der Waals surface area contributed by atoms with Gasteiger partial charge in [-0.3, -0.25) is 15.1 Å². The third-order valence-corrected chi connectivity index (χ3v) is 7.17. The van der Waals surface area contributed by atoms with Crippen LogP contribution in [0.1, 0.15) is 17.5 Å². The highest BCUT2D eigenvalue weighted by Gasteiger charge is 2.43. The van der Waals surface area contributed by atoms with E-state index in [0.717, 1.165) is 16.5 Å². The lowest BCUT2D eigenvalue weighted by Gasteiger charge is -2.45. The molecular weight excluding hydrogens is 426 g/mol. The summed E-state index contributed by atoms with van der Waals surface area (Å²) in [6, 6.07) is 11.6. The summed E-state index contributed by atoms with van der Waals surface area (Å²) in [7, 11) is 0. The average Bonchev–Trinajstić information content (AvgIpc) is 3.16. The van der Waals surface area contributed by atoms with E-state index >= 15 is 0 Å². The van der Waals surface area contributed by atoms with Crippen molar-refractivity contribution < 1.29 is 19.3 Å². The van der Waals surface area contributed by atoms with Crippen LogP contribution in [0, 0.1) is 5.41 Å². The first-order chi connectivity index (χ1) is 15.4. The lowest BCUT2D eigenvalue weighted by Crippen LogP contribution is -2.56. The lowest BCUT2D eigenvalue weighted by atomic mass is 10.1. The molecule has 8 nitrogen and oxygen atoms in total. The molecule has 9 heteroatoms. The first-order valence-corrected chi connectivity index (χ1v) is 11.2. The van der Waals surface area contributed by atoms with E-state index in [4.69, 9.17) is 11.1 Å². The standard InChI is InChI=1S/C23H21N5O3S/c24-22(25)16-3-1-14(2-4-16)10-27-8-6-15-5-7-26(12-18(15)27)11-17-13-32-20-9-19(29)28(20)21(17)23(30)31/h1-8,12,20H,9-11,13H2,(H3-,24,25,30,31). The fourth-order valence-corrected chi connectivity index (χ4v) is 5.45. The summed E-state index contributed by atoms with van der Waals surface area (Å²) in [5.41, 5.74) is 9.02. The zero-order valence-corrected chi connectivity index (χ0v) is 18.0. The van der Waals surface area contributed by atoms with Crippen molar-refractivity contribution in [3.05, 3.63) is 77.4 Å². The van der Waals surface area contributed by atoms with Crippen molar-refractivity contribution in [2.75, 3.05) is 5.75 Å². The molecule has 162 valence electrons. The first-order valence-electron chi connectivity index (χ1n) is 10.2. The van der Waals surface area contributed by atoms with Crippen LogP contribution in [-0.4, -0.2) is 38.3 Å². The third kappa shape index (κ3) is 3.54. The van der Waals surface area contributed by atoms with Crippen LogP contribution < -0.4 is 15.4 Å². The number of rotatable bonds is 6. The highest BCUT2D eigenvalue weighted by atomic mass is 32.2. The predicted molar refractivity (Wildman–Crippen MR) is 118 cm³/mol. The number of nitrogens with one attached hydrogen (secondary N) is 1. The van der Waals surface area contributed by atoms with Crippen molar-refractivity contribution in [2.45, 2.75) is 24.9 Å². The number of hydrogen-bond acceptors (Lipinski definition) is 5. The number of benzene rings is 1. The van der Waals surface area contributed by atoms with Crippen LogP contribution in [0.25, 0.3) is 10.9 Å². The summed E-state index contributed by atoms with van der Waals surface area (Å²) in [6.45, 7) is 1.03. The van der Waals surface area contributed by atoms with Crippen molar-refractivity contribution in [1.29, 1.82) is 5.41 Å². The van der Waals surface area contributed by atoms with Gasteiger partial charge in [0, 0.05) is 41.1 Å². The molecule has 0 bridgehead atoms. The monoisotopic (exact) mass is 447 g/mol. The number of hydrogen-bond donors (Lipinski definition) is 2. The van der Waals surface area contributed by atoms with E-state index in [2.05, 4.69) is 4.57 Å². The van der Waals surface area contributed by atoms with Crippen molar-refractivity contribution >= 4 is 40.4 Å². The Labute approximate surface area is 188 Å². The number of carbonyl (C=O) groups is 2. The van der Waals surface area contributed by atoms with Gasteiger partial charge in [-0.25, -0.2) is 0 Å². The number of nitrogens with zero attached hydrogens (tertiary/aromatic N) is 3. The van der Waals surface area contributed by atoms with Gasteiger partial charge in [-0.2, -0.15) is 4.57 Å². The fraction of sp³-hybridized carbons (Fsp3) is 0.217. The van der Waals surface area contributed by atoms with E-state index in [0.29, 0.717) is 36.4 Å². The molecule has 1 atom stereocenters. The van der Waals surface area contributed by atoms with Gasteiger partial charge in [0.2, 0.25) is 5.91 Å². The molecule has 32 heavy (non-hydrogen) atoms. The molecule has 0 aliphatic carbocycles. The molecule has 1 unspecified atom stereocenters. The molecule has 1 fully saturated rings. The maximum Gasteiger partial charge on any atom is 0.230 e. The van der Waals surface area contributed by atoms with Gasteiger partial charge in [0.05, 0.1) is 23.5 Å². The molecule has 1 amide bonds. The van der Waals surface area contributed by atoms with Gasteiger partial charge in [-0.15, -0.1) is 11.8 Å². The number of fused-ring (bicyclic) bond motifs is 2. The normalized spacial score (nSPS) is 17.9. The Morgan fingerprint density at radius 3 is 2.72 bits per heavy atom. The smallest absolute Gasteiger partial charge is 0.230 e. The number of carboxylic acid groups (broad SMARTS) is 1. The minimum Gasteiger partial charge on any atom is -0.543 e. The van der Waals surface area contributed by atoms with Gasteiger partial charge >= 0.3 is 0 Å². The van der Waals surface area contributed by atoms with Crippen LogP contribution in [0.3, 0.4) is 0 Å². The van der Waals surface area contributed by atoms with Crippen molar-refractivity contribution in [3.63, 3.8) is 0 Å². The number of carbonyl (C=O) groups excluding carboxylic acids is 2. The molecule has 3 aromatic rings. The Morgan fingerprint density at radius 1 is 1.25 bits per heavy atom. The molecule has 2 aromatic heterocycles. The van der Waals surface area contributed by atoms with E-state index < -0.39 is 5.97 Å². The zero-order valence-electron chi connectivity index (χ0n) is 17.2. The van der Waals surface area contributed by atoms with Crippen molar-refractivity contribution in [2.24, 2.45) is 5.73 Å². The predicted octanol–water partition coefficient (Wildman–Crippen LogP) is 0.570. The number of nitrogens with two attached hydrogens (primary N) is 1. The minimum absolute atomic E-state index is 0.0264. The van der Waals surface area contributed by atoms with Gasteiger partial charge in [-0.1, -0.05) is 24.3 Å². The average molecular weight is 448 g/mol. The Bertz CT molecular complexity index is 1290. The van der Waals surface area contributed by atoms with Gasteiger partial charge in [0.25, 0.3) is 0 Å². The topological polar surface area (TPSA) is 119 Å². The molecule has 3 N–H and O–H groups in total. The molecule has 0 radical (unpaired) electrons. The van der Waals surface area contributed by atoms with Gasteiger partial charge < -0.3 is 20.2 Å². The van der Waals surface area contributed by atoms with Crippen LogP contribution in [-0.2, 0) is 22.7 Å². The third-order valence-electron chi connectivity index (χ3n) is 5.89. The number of aliphatic carboxylic acids is 1. The molecule has 5 rings (SSSR count). The van der Waals surface area contributed by atoms with E-state index in [9.17, 15) is 14.7 Å². The second kappa shape index (κ2) is 7.83. The maximum absolute atomic E-state index is 12.0. The lowest BCUT2D eigenvalue weighted by molar-refractivity contribution is -0.687. The summed E-state index contributed by atoms with van der Waals surface area (Å²) in [6.07, 6.45) is 6.31. The van der Waals surface area contributed by atoms with Gasteiger partial charge in [0.15, 0.2) is 18.9 Å². The molecule has 1 saturated heterocycles. The number of nitrogen functional groups attached to an aromatic ring is 1. The summed E-state index contributed by atoms with van der Waals surface area (Å²) in [5, 5.41) is 20.3. The van der Waals surface area contributed by atoms with Crippen LogP contribution in [0.5, 0.6) is 0 Å². The molecular formula is C23H21N5O3S. The number of amides is 1. The number of thioether (sulfide) groups is 1. The van der Waals surface area contributed by atoms with Crippen LogP contribution >= 0.6 is 11.8 Å². The molecule has 0 saturated carbocycles. The summed E-state index contributed by atoms with van der Waals surface area (Å²) < 4.78 is 4.06. The quantitative estimate of drug-likeness (QED) is 0.248. The van der Waals surface area contributed by atoms with Crippen LogP contribution in [0.4, 0.5) is 0 Å². The summed E-state index contributed by atoms with van der Waals surface area (Å²) in [4.78, 5) is 25.1. The first kappa shape index (κ1) is 20.3. The molecule has 0 spiro atoms. The van der Waals surface area contributed by atoms with Gasteiger partial charge in [-0.05, 0) is 11.6 Å². The van der Waals surface area contributed by atoms with Crippen LogP contribution in [0.2, 0.25) is 0 Å². The SMILES string of the molecule is N=C(N)c1ccc(Cn2ccc3cc[n+](CC4=C(C(=O)[O-])N5C(=O)CC5SC4)cc32)cc1. The number of amidine groups is 1. The maximum atomic E-state index is 12.0. The van der Waals surface area contributed by atoms with E-state index in [1.165, 1.54) is 4.90 Å². The summed E-state index contributed by atoms with van der Waals surface area (Å²) in [5.74, 6) is -0.852. The number of aromatic nitrogens is 2. The second-order valence-electron chi connectivity index (χ2n) is 7.99. The Hall–Kier alpha value is -3.59. The largest absolute Gasteiger partial charge is 0.543 e. The minimum atomic E-state index is -1.29. The van der Waals surface area contributed by atoms with Crippen molar-refractivity contribution in [3.8, 4) is 0 Å².